The first-order valence-corrected chi connectivity index (χ1v) is 8.92. The van der Waals surface area contributed by atoms with Gasteiger partial charge in [-0.3, -0.25) is 9.78 Å². The minimum atomic E-state index is -0.0534. The molecule has 1 N–H and O–H groups in total. The van der Waals surface area contributed by atoms with Crippen LogP contribution < -0.4 is 5.32 Å². The maximum atomic E-state index is 12.9. The standard InChI is InChI=1S/C21H18ClN3O/c22-18-7-3-4-8-19(18)24-17-9-11-23-20(13-17)21(26)25-12-10-15-5-1-2-6-16(15)14-25/h1-9,11,13H,10,12,14H2,(H,23,24). The van der Waals surface area contributed by atoms with E-state index < -0.39 is 0 Å². The van der Waals surface area contributed by atoms with Crippen molar-refractivity contribution >= 4 is 28.9 Å². The van der Waals surface area contributed by atoms with Gasteiger partial charge in [0.05, 0.1) is 10.7 Å². The molecule has 0 saturated heterocycles. The smallest absolute Gasteiger partial charge is 0.272 e. The van der Waals surface area contributed by atoms with Gasteiger partial charge in [0.15, 0.2) is 0 Å². The van der Waals surface area contributed by atoms with Crippen LogP contribution in [0.25, 0.3) is 0 Å². The zero-order chi connectivity index (χ0) is 17.9. The molecule has 0 saturated carbocycles. The monoisotopic (exact) mass is 363 g/mol. The van der Waals surface area contributed by atoms with E-state index in [2.05, 4.69) is 22.4 Å². The Bertz CT molecular complexity index is 957. The Hall–Kier alpha value is -2.85. The molecule has 0 unspecified atom stereocenters. The highest BCUT2D eigenvalue weighted by Gasteiger charge is 2.22. The lowest BCUT2D eigenvalue weighted by Gasteiger charge is -2.28. The van der Waals surface area contributed by atoms with Crippen LogP contribution in [0.5, 0.6) is 0 Å². The number of hydrogen-bond acceptors (Lipinski definition) is 3. The van der Waals surface area contributed by atoms with Gasteiger partial charge in [-0.15, -0.1) is 0 Å². The molecule has 1 amide bonds. The number of nitrogens with one attached hydrogen (secondary N) is 1. The zero-order valence-electron chi connectivity index (χ0n) is 14.2. The second-order valence-electron chi connectivity index (χ2n) is 6.28. The largest absolute Gasteiger partial charge is 0.354 e. The van der Waals surface area contributed by atoms with E-state index in [0.717, 1.165) is 17.8 Å². The van der Waals surface area contributed by atoms with Gasteiger partial charge < -0.3 is 10.2 Å². The van der Waals surface area contributed by atoms with E-state index in [1.807, 2.05) is 47.4 Å². The van der Waals surface area contributed by atoms with Crippen molar-refractivity contribution < 1.29 is 4.79 Å². The van der Waals surface area contributed by atoms with Crippen molar-refractivity contribution in [1.82, 2.24) is 9.88 Å². The van der Waals surface area contributed by atoms with Crippen molar-refractivity contribution in [1.29, 1.82) is 0 Å². The summed E-state index contributed by atoms with van der Waals surface area (Å²) in [5.74, 6) is -0.0534. The van der Waals surface area contributed by atoms with E-state index >= 15 is 0 Å². The molecule has 4 nitrogen and oxygen atoms in total. The maximum Gasteiger partial charge on any atom is 0.272 e. The molecule has 0 aliphatic carbocycles. The van der Waals surface area contributed by atoms with Gasteiger partial charge in [0.25, 0.3) is 5.91 Å². The molecular weight excluding hydrogens is 346 g/mol. The number of aromatic nitrogens is 1. The number of rotatable bonds is 3. The molecule has 0 atom stereocenters. The van der Waals surface area contributed by atoms with Crippen LogP contribution in [0.4, 0.5) is 11.4 Å². The number of carbonyl (C=O) groups is 1. The predicted octanol–water partition coefficient (Wildman–Crippen LogP) is 4.68. The lowest BCUT2D eigenvalue weighted by atomic mass is 10.00. The third kappa shape index (κ3) is 3.41. The van der Waals surface area contributed by atoms with Crippen LogP contribution >= 0.6 is 11.6 Å². The first-order chi connectivity index (χ1) is 12.7. The number of amides is 1. The summed E-state index contributed by atoms with van der Waals surface area (Å²) in [6, 6.07) is 19.4. The van der Waals surface area contributed by atoms with Crippen LogP contribution in [0.2, 0.25) is 5.02 Å². The average molecular weight is 364 g/mol. The number of pyridine rings is 1. The minimum absolute atomic E-state index is 0.0534. The van der Waals surface area contributed by atoms with E-state index in [1.54, 1.807) is 12.3 Å². The first kappa shape index (κ1) is 16.6. The summed E-state index contributed by atoms with van der Waals surface area (Å²) < 4.78 is 0. The molecule has 1 aromatic heterocycles. The maximum absolute atomic E-state index is 12.9. The normalized spacial score (nSPS) is 13.2. The van der Waals surface area contributed by atoms with Crippen molar-refractivity contribution in [2.45, 2.75) is 13.0 Å². The quantitative estimate of drug-likeness (QED) is 0.735. The average Bonchev–Trinajstić information content (AvgIpc) is 2.69. The highest BCUT2D eigenvalue weighted by Crippen LogP contribution is 2.25. The molecule has 130 valence electrons. The molecule has 3 aromatic rings. The van der Waals surface area contributed by atoms with Crippen molar-refractivity contribution in [3.63, 3.8) is 0 Å². The minimum Gasteiger partial charge on any atom is -0.354 e. The third-order valence-electron chi connectivity index (χ3n) is 4.55. The Labute approximate surface area is 157 Å². The van der Waals surface area contributed by atoms with E-state index in [4.69, 9.17) is 11.6 Å². The summed E-state index contributed by atoms with van der Waals surface area (Å²) in [6.07, 6.45) is 2.52. The number of benzene rings is 2. The molecule has 2 heterocycles. The van der Waals surface area contributed by atoms with Crippen molar-refractivity contribution in [3.05, 3.63) is 88.7 Å². The van der Waals surface area contributed by atoms with Gasteiger partial charge in [0, 0.05) is 25.0 Å². The predicted molar refractivity (Wildman–Crippen MR) is 104 cm³/mol. The summed E-state index contributed by atoms with van der Waals surface area (Å²) in [5, 5.41) is 3.87. The molecule has 4 rings (SSSR count). The molecule has 0 bridgehead atoms. The van der Waals surface area contributed by atoms with E-state index in [0.29, 0.717) is 23.8 Å². The number of carbonyl (C=O) groups excluding carboxylic acids is 1. The fourth-order valence-corrected chi connectivity index (χ4v) is 3.36. The molecule has 5 heteroatoms. The van der Waals surface area contributed by atoms with Crippen LogP contribution in [0.3, 0.4) is 0 Å². The fourth-order valence-electron chi connectivity index (χ4n) is 3.17. The summed E-state index contributed by atoms with van der Waals surface area (Å²) in [6.45, 7) is 1.33. The lowest BCUT2D eigenvalue weighted by Crippen LogP contribution is -2.36. The summed E-state index contributed by atoms with van der Waals surface area (Å²) in [4.78, 5) is 19.0. The molecular formula is C21H18ClN3O. The van der Waals surface area contributed by atoms with Gasteiger partial charge >= 0.3 is 0 Å². The number of fused-ring (bicyclic) bond motifs is 1. The second-order valence-corrected chi connectivity index (χ2v) is 6.69. The number of anilines is 2. The molecule has 0 radical (unpaired) electrons. The number of para-hydroxylation sites is 1. The van der Waals surface area contributed by atoms with E-state index in [1.165, 1.54) is 11.1 Å². The molecule has 2 aromatic carbocycles. The summed E-state index contributed by atoms with van der Waals surface area (Å²) in [7, 11) is 0. The Balaban J connectivity index is 1.53. The lowest BCUT2D eigenvalue weighted by molar-refractivity contribution is 0.0729. The van der Waals surface area contributed by atoms with Crippen molar-refractivity contribution in [2.24, 2.45) is 0 Å². The van der Waals surface area contributed by atoms with Crippen LogP contribution in [-0.2, 0) is 13.0 Å². The summed E-state index contributed by atoms with van der Waals surface area (Å²) in [5.41, 5.74) is 4.54. The topological polar surface area (TPSA) is 45.2 Å². The van der Waals surface area contributed by atoms with Gasteiger partial charge in [0.2, 0.25) is 0 Å². The van der Waals surface area contributed by atoms with E-state index in [9.17, 15) is 4.79 Å². The highest BCUT2D eigenvalue weighted by molar-refractivity contribution is 6.33. The van der Waals surface area contributed by atoms with Crippen LogP contribution in [0.1, 0.15) is 21.6 Å². The van der Waals surface area contributed by atoms with Gasteiger partial charge in [-0.1, -0.05) is 48.0 Å². The molecule has 1 aliphatic heterocycles. The van der Waals surface area contributed by atoms with Crippen molar-refractivity contribution in [3.8, 4) is 0 Å². The zero-order valence-corrected chi connectivity index (χ0v) is 14.9. The number of nitrogens with zero attached hydrogens (tertiary/aromatic N) is 2. The molecule has 1 aliphatic rings. The van der Waals surface area contributed by atoms with Gasteiger partial charge in [-0.2, -0.15) is 0 Å². The Morgan fingerprint density at radius 1 is 1.04 bits per heavy atom. The Morgan fingerprint density at radius 3 is 2.65 bits per heavy atom. The first-order valence-electron chi connectivity index (χ1n) is 8.54. The summed E-state index contributed by atoms with van der Waals surface area (Å²) >= 11 is 6.19. The molecule has 0 fully saturated rings. The Morgan fingerprint density at radius 2 is 1.81 bits per heavy atom. The highest BCUT2D eigenvalue weighted by atomic mass is 35.5. The third-order valence-corrected chi connectivity index (χ3v) is 4.88. The van der Waals surface area contributed by atoms with Crippen LogP contribution in [0.15, 0.2) is 66.9 Å². The van der Waals surface area contributed by atoms with Crippen LogP contribution in [-0.4, -0.2) is 22.3 Å². The van der Waals surface area contributed by atoms with Crippen molar-refractivity contribution in [2.75, 3.05) is 11.9 Å². The number of hydrogen-bond donors (Lipinski definition) is 1. The van der Waals surface area contributed by atoms with Gasteiger partial charge in [-0.25, -0.2) is 0 Å². The Kier molecular flexibility index (Phi) is 4.59. The number of halogens is 1. The van der Waals surface area contributed by atoms with E-state index in [-0.39, 0.29) is 5.91 Å². The van der Waals surface area contributed by atoms with Crippen LogP contribution in [0, 0.1) is 0 Å². The van der Waals surface area contributed by atoms with Gasteiger partial charge in [-0.05, 0) is 41.8 Å². The fraction of sp³-hybridized carbons (Fsp3) is 0.143. The molecule has 0 spiro atoms. The SMILES string of the molecule is O=C(c1cc(Nc2ccccc2Cl)ccn1)N1CCc2ccccc2C1. The molecule has 26 heavy (non-hydrogen) atoms. The van der Waals surface area contributed by atoms with Gasteiger partial charge in [0.1, 0.15) is 5.69 Å². The second kappa shape index (κ2) is 7.18.